The van der Waals surface area contributed by atoms with Crippen molar-refractivity contribution in [2.45, 2.75) is 26.9 Å². The normalized spacial score (nSPS) is 11.1. The van der Waals surface area contributed by atoms with Gasteiger partial charge >= 0.3 is 5.97 Å². The van der Waals surface area contributed by atoms with Gasteiger partial charge in [-0.25, -0.2) is 4.79 Å². The van der Waals surface area contributed by atoms with Gasteiger partial charge in [-0.1, -0.05) is 18.2 Å². The highest BCUT2D eigenvalue weighted by atomic mass is 16.5. The molecule has 0 saturated carbocycles. The number of carbonyl (C=O) groups excluding carboxylic acids is 4. The zero-order chi connectivity index (χ0) is 20.7. The Bertz CT molecular complexity index is 862. The standard InChI is InChI=1S/C20H21N3O5/c1-12(19(26)23-16-7-5-4-6-8-16)28-20(27)15-9-17(21-13(2)24)11-18(10-15)22-14(3)25/h4-12H,1-3H3,(H,21,24)(H,22,25)(H,23,26)/t12-/m0/s1. The van der Waals surface area contributed by atoms with Crippen LogP contribution in [0.1, 0.15) is 31.1 Å². The third-order valence-electron chi connectivity index (χ3n) is 3.50. The van der Waals surface area contributed by atoms with E-state index in [9.17, 15) is 19.2 Å². The van der Waals surface area contributed by atoms with E-state index in [4.69, 9.17) is 4.74 Å². The first-order valence-corrected chi connectivity index (χ1v) is 8.52. The summed E-state index contributed by atoms with van der Waals surface area (Å²) < 4.78 is 5.21. The first-order chi connectivity index (χ1) is 13.2. The van der Waals surface area contributed by atoms with Gasteiger partial charge in [-0.2, -0.15) is 0 Å². The molecule has 146 valence electrons. The Kier molecular flexibility index (Phi) is 6.86. The lowest BCUT2D eigenvalue weighted by molar-refractivity contribution is -0.123. The largest absolute Gasteiger partial charge is 0.449 e. The molecule has 0 aliphatic heterocycles. The molecule has 0 spiro atoms. The molecule has 0 heterocycles. The SMILES string of the molecule is CC(=O)Nc1cc(NC(C)=O)cc(C(=O)O[C@@H](C)C(=O)Nc2ccccc2)c1. The summed E-state index contributed by atoms with van der Waals surface area (Å²) in [7, 11) is 0. The summed E-state index contributed by atoms with van der Waals surface area (Å²) in [5.41, 5.74) is 1.28. The number of esters is 1. The van der Waals surface area contributed by atoms with Crippen molar-refractivity contribution in [1.82, 2.24) is 0 Å². The van der Waals surface area contributed by atoms with E-state index in [-0.39, 0.29) is 17.4 Å². The van der Waals surface area contributed by atoms with Gasteiger partial charge in [0.1, 0.15) is 0 Å². The Morgan fingerprint density at radius 2 is 1.32 bits per heavy atom. The summed E-state index contributed by atoms with van der Waals surface area (Å²) in [6, 6.07) is 13.1. The minimum atomic E-state index is -1.05. The Morgan fingerprint density at radius 3 is 1.82 bits per heavy atom. The topological polar surface area (TPSA) is 114 Å². The Morgan fingerprint density at radius 1 is 0.786 bits per heavy atom. The highest BCUT2D eigenvalue weighted by Crippen LogP contribution is 2.21. The van der Waals surface area contributed by atoms with Crippen LogP contribution in [-0.4, -0.2) is 29.8 Å². The van der Waals surface area contributed by atoms with Gasteiger partial charge in [-0.15, -0.1) is 0 Å². The van der Waals surface area contributed by atoms with Gasteiger partial charge in [0.25, 0.3) is 5.91 Å². The van der Waals surface area contributed by atoms with Gasteiger partial charge in [0.05, 0.1) is 5.56 Å². The van der Waals surface area contributed by atoms with Crippen molar-refractivity contribution in [3.8, 4) is 0 Å². The van der Waals surface area contributed by atoms with E-state index in [1.807, 2.05) is 6.07 Å². The van der Waals surface area contributed by atoms with Crippen molar-refractivity contribution in [1.29, 1.82) is 0 Å². The van der Waals surface area contributed by atoms with Crippen LogP contribution in [0.5, 0.6) is 0 Å². The number of carbonyl (C=O) groups is 4. The molecule has 0 radical (unpaired) electrons. The number of anilines is 3. The monoisotopic (exact) mass is 383 g/mol. The minimum absolute atomic E-state index is 0.0781. The number of amides is 3. The van der Waals surface area contributed by atoms with E-state index in [2.05, 4.69) is 16.0 Å². The van der Waals surface area contributed by atoms with Gasteiger partial charge in [0.2, 0.25) is 11.8 Å². The number of hydrogen-bond acceptors (Lipinski definition) is 5. The maximum Gasteiger partial charge on any atom is 0.339 e. The van der Waals surface area contributed by atoms with E-state index in [0.717, 1.165) is 0 Å². The molecule has 1 atom stereocenters. The first kappa shape index (κ1) is 20.6. The Balaban J connectivity index is 2.13. The molecular weight excluding hydrogens is 362 g/mol. The summed E-state index contributed by atoms with van der Waals surface area (Å²) in [6.07, 6.45) is -1.05. The fourth-order valence-electron chi connectivity index (χ4n) is 2.34. The van der Waals surface area contributed by atoms with E-state index in [0.29, 0.717) is 17.1 Å². The molecular formula is C20H21N3O5. The second-order valence-electron chi connectivity index (χ2n) is 6.06. The molecule has 0 bridgehead atoms. The van der Waals surface area contributed by atoms with Crippen LogP contribution in [0, 0.1) is 0 Å². The molecule has 0 unspecified atom stereocenters. The number of rotatable bonds is 6. The van der Waals surface area contributed by atoms with E-state index in [1.165, 1.54) is 39.0 Å². The van der Waals surface area contributed by atoms with Crippen molar-refractivity contribution in [2.75, 3.05) is 16.0 Å². The maximum absolute atomic E-state index is 12.5. The third kappa shape index (κ3) is 6.24. The highest BCUT2D eigenvalue weighted by molar-refractivity contribution is 6.00. The highest BCUT2D eigenvalue weighted by Gasteiger charge is 2.20. The molecule has 2 rings (SSSR count). The lowest BCUT2D eigenvalue weighted by Crippen LogP contribution is -2.30. The molecule has 8 heteroatoms. The lowest BCUT2D eigenvalue weighted by Gasteiger charge is -2.15. The van der Waals surface area contributed by atoms with E-state index < -0.39 is 18.0 Å². The molecule has 2 aromatic rings. The molecule has 0 aliphatic carbocycles. The van der Waals surface area contributed by atoms with Crippen molar-refractivity contribution >= 4 is 40.8 Å². The molecule has 2 aromatic carbocycles. The molecule has 0 fully saturated rings. The lowest BCUT2D eigenvalue weighted by atomic mass is 10.1. The summed E-state index contributed by atoms with van der Waals surface area (Å²) in [5, 5.41) is 7.73. The smallest absolute Gasteiger partial charge is 0.339 e. The molecule has 0 aromatic heterocycles. The Labute approximate surface area is 162 Å². The number of para-hydroxylation sites is 1. The Hall–Kier alpha value is -3.68. The zero-order valence-corrected chi connectivity index (χ0v) is 15.7. The molecule has 0 saturated heterocycles. The fraction of sp³-hybridized carbons (Fsp3) is 0.200. The van der Waals surface area contributed by atoms with Crippen LogP contribution >= 0.6 is 0 Å². The molecule has 0 aliphatic rings. The van der Waals surface area contributed by atoms with Crippen LogP contribution in [0.25, 0.3) is 0 Å². The van der Waals surface area contributed by atoms with Crippen molar-refractivity contribution in [3.63, 3.8) is 0 Å². The van der Waals surface area contributed by atoms with Crippen molar-refractivity contribution < 1.29 is 23.9 Å². The second-order valence-corrected chi connectivity index (χ2v) is 6.06. The number of nitrogens with one attached hydrogen (secondary N) is 3. The zero-order valence-electron chi connectivity index (χ0n) is 15.7. The average Bonchev–Trinajstić information content (AvgIpc) is 2.61. The average molecular weight is 383 g/mol. The minimum Gasteiger partial charge on any atom is -0.449 e. The van der Waals surface area contributed by atoms with Gasteiger partial charge < -0.3 is 20.7 Å². The molecule has 8 nitrogen and oxygen atoms in total. The predicted octanol–water partition coefficient (Wildman–Crippen LogP) is 2.79. The quantitative estimate of drug-likeness (QED) is 0.664. The summed E-state index contributed by atoms with van der Waals surface area (Å²) in [5.74, 6) is -1.93. The number of benzene rings is 2. The number of ether oxygens (including phenoxy) is 1. The molecule has 3 N–H and O–H groups in total. The van der Waals surface area contributed by atoms with Gasteiger partial charge in [-0.05, 0) is 37.3 Å². The molecule has 28 heavy (non-hydrogen) atoms. The van der Waals surface area contributed by atoms with Crippen LogP contribution in [0.3, 0.4) is 0 Å². The van der Waals surface area contributed by atoms with E-state index >= 15 is 0 Å². The van der Waals surface area contributed by atoms with Crippen molar-refractivity contribution in [2.24, 2.45) is 0 Å². The maximum atomic E-state index is 12.5. The van der Waals surface area contributed by atoms with Gasteiger partial charge in [0.15, 0.2) is 6.10 Å². The van der Waals surface area contributed by atoms with Gasteiger partial charge in [0, 0.05) is 30.9 Å². The molecule has 3 amide bonds. The third-order valence-corrected chi connectivity index (χ3v) is 3.50. The van der Waals surface area contributed by atoms with Crippen LogP contribution in [-0.2, 0) is 19.1 Å². The summed E-state index contributed by atoms with van der Waals surface area (Å²) in [6.45, 7) is 4.08. The fourth-order valence-corrected chi connectivity index (χ4v) is 2.34. The van der Waals surface area contributed by atoms with Crippen LogP contribution in [0.15, 0.2) is 48.5 Å². The predicted molar refractivity (Wildman–Crippen MR) is 105 cm³/mol. The summed E-state index contributed by atoms with van der Waals surface area (Å²) >= 11 is 0. The van der Waals surface area contributed by atoms with Crippen LogP contribution < -0.4 is 16.0 Å². The van der Waals surface area contributed by atoms with Crippen molar-refractivity contribution in [3.05, 3.63) is 54.1 Å². The van der Waals surface area contributed by atoms with Gasteiger partial charge in [-0.3, -0.25) is 14.4 Å². The van der Waals surface area contributed by atoms with Crippen LogP contribution in [0.2, 0.25) is 0 Å². The van der Waals surface area contributed by atoms with Crippen LogP contribution in [0.4, 0.5) is 17.1 Å². The summed E-state index contributed by atoms with van der Waals surface area (Å²) in [4.78, 5) is 47.3. The van der Waals surface area contributed by atoms with E-state index in [1.54, 1.807) is 24.3 Å². The number of hydrogen-bond donors (Lipinski definition) is 3. The second kappa shape index (κ2) is 9.31. The first-order valence-electron chi connectivity index (χ1n) is 8.52.